The molecule has 0 aromatic heterocycles. The van der Waals surface area contributed by atoms with Gasteiger partial charge in [0.05, 0.1) is 76.2 Å². The van der Waals surface area contributed by atoms with Crippen molar-refractivity contribution in [3.63, 3.8) is 0 Å². The number of hydrogen-bond donors (Lipinski definition) is 6. The molecule has 3 aliphatic rings. The smallest absolute Gasteiger partial charge is 0.347 e. The van der Waals surface area contributed by atoms with E-state index in [-0.39, 0.29) is 119 Å². The number of benzene rings is 3. The summed E-state index contributed by atoms with van der Waals surface area (Å²) in [6.45, 7) is 23.0. The average molecular weight is 1760 g/mol. The number of nitriles is 1. The molecule has 3 aromatic carbocycles. The second-order valence-corrected chi connectivity index (χ2v) is 50.8. The summed E-state index contributed by atoms with van der Waals surface area (Å²) >= 11 is 0. The second-order valence-electron chi connectivity index (χ2n) is 25.8. The number of carboxylic acid groups (broad SMARTS) is 1. The number of ketones is 2. The van der Waals surface area contributed by atoms with Gasteiger partial charge in [-0.25, -0.2) is 0 Å². The van der Waals surface area contributed by atoms with Gasteiger partial charge in [-0.05, 0) is 141 Å². The van der Waals surface area contributed by atoms with Crippen LogP contribution < -0.4 is 11.1 Å². The van der Waals surface area contributed by atoms with Gasteiger partial charge in [0.15, 0.2) is 0 Å². The van der Waals surface area contributed by atoms with Crippen LogP contribution >= 0.6 is 108 Å². The monoisotopic (exact) mass is 1760 g/mol. The highest BCUT2D eigenvalue weighted by atomic mass is 32.7. The number of aliphatic hydroxyl groups is 3. The molecular formula is C73H138N3O19P13. The van der Waals surface area contributed by atoms with Gasteiger partial charge in [-0.1, -0.05) is 171 Å². The predicted octanol–water partition coefficient (Wildman–Crippen LogP) is 18.9. The fourth-order valence-corrected chi connectivity index (χ4v) is 20.1. The standard InChI is InChI=1S/C23H37O5P.C22H36NO5P.C12H20NO3P.C10H18O3.C6H12NO3P.H6P4.H5P3.H4P2/c1-4-27-29(26,28-5-2)21(15-19-11-7-6-8-12-19)16-23(25)18(3)22(17-24)20-13-9-10-14-20;1-4-27-29(26,28-5-2)19(14-18-10-7-6-8-11-18)15-22(25)17(3)20(16-24)21-12-9-13-23-21;1-3-15-17(14,16-4-2)12(13)10-11-8-6-5-7-9-11;1-7(10(12)13)9(6-11)8-4-2-3-5-8;1-3-9-11(8,6-5-7)10-4-2;1-4(2)3;1-3-2;1-2/h6-8,11-12,18,20-22,24H,4-5,9-10,13-17H2,1-3H3;6-8,10-11,17,19-21,23-24H,4-5,9,12-16H2,1-3H3;5-9,12H,3-4,10,13H2,1-2H3;7-9,11H,2-6H2,1H3,(H,12,13);3-4,6H2,1-2H3;1-3H2;3H,1-2H2;1-2H2/t18-,21?,22+;17-,19?,20+,21-;;7-,9+;;;;/m00.0..../s1. The largest absolute Gasteiger partial charge is 0.481 e. The predicted molar refractivity (Wildman–Crippen MR) is 474 cm³/mol. The summed E-state index contributed by atoms with van der Waals surface area (Å²) in [5, 5.41) is 49.5. The lowest BCUT2D eigenvalue weighted by Crippen LogP contribution is -2.40. The van der Waals surface area contributed by atoms with Crippen LogP contribution in [0.4, 0.5) is 0 Å². The van der Waals surface area contributed by atoms with Crippen LogP contribution in [0.15, 0.2) is 91.0 Å². The zero-order chi connectivity index (χ0) is 82.2. The van der Waals surface area contributed by atoms with Crippen LogP contribution in [0.3, 0.4) is 0 Å². The number of carboxylic acids is 1. The van der Waals surface area contributed by atoms with Crippen LogP contribution in [-0.2, 0) is 88.1 Å². The Morgan fingerprint density at radius 1 is 0.519 bits per heavy atom. The normalized spacial score (nSPS) is 17.0. The highest BCUT2D eigenvalue weighted by Crippen LogP contribution is 2.60. The number of nitrogens with two attached hydrogens (primary N) is 1. The van der Waals surface area contributed by atoms with Crippen molar-refractivity contribution in [3.05, 3.63) is 108 Å². The van der Waals surface area contributed by atoms with Crippen LogP contribution in [-0.4, -0.2) is 146 Å². The van der Waals surface area contributed by atoms with Gasteiger partial charge in [0.1, 0.15) is 23.5 Å². The first-order chi connectivity index (χ1) is 51.5. The van der Waals surface area contributed by atoms with Gasteiger partial charge in [0.25, 0.3) is 0 Å². The quantitative estimate of drug-likeness (QED) is 0.0287. The van der Waals surface area contributed by atoms with Crippen LogP contribution in [0.25, 0.3) is 0 Å². The summed E-state index contributed by atoms with van der Waals surface area (Å²) in [7, 11) is 5.50. The third-order valence-electron chi connectivity index (χ3n) is 18.5. The minimum Gasteiger partial charge on any atom is -0.481 e. The molecule has 22 nitrogen and oxygen atoms in total. The van der Waals surface area contributed by atoms with Gasteiger partial charge < -0.3 is 67.7 Å². The summed E-state index contributed by atoms with van der Waals surface area (Å²) in [5.41, 5.74) is 7.90. The summed E-state index contributed by atoms with van der Waals surface area (Å²) < 4.78 is 93.2. The van der Waals surface area contributed by atoms with Crippen LogP contribution in [0.5, 0.6) is 0 Å². The van der Waals surface area contributed by atoms with Crippen LogP contribution in [0, 0.1) is 58.7 Å². The highest BCUT2D eigenvalue weighted by Gasteiger charge is 2.43. The van der Waals surface area contributed by atoms with Gasteiger partial charge in [-0.3, -0.25) is 32.6 Å². The maximum atomic E-state index is 13.5. The molecule has 0 radical (unpaired) electrons. The van der Waals surface area contributed by atoms with E-state index in [4.69, 9.17) is 57.4 Å². The van der Waals surface area contributed by atoms with Crippen molar-refractivity contribution in [3.8, 4) is 6.07 Å². The number of rotatable bonds is 42. The topological polar surface area (TPSA) is 336 Å². The highest BCUT2D eigenvalue weighted by molar-refractivity contribution is 8.65. The molecule has 1 heterocycles. The van der Waals surface area contributed by atoms with Gasteiger partial charge >= 0.3 is 36.4 Å². The number of hydrogen-bond acceptors (Lipinski definition) is 21. The van der Waals surface area contributed by atoms with Crippen molar-refractivity contribution >= 4 is 125 Å². The lowest BCUT2D eigenvalue weighted by molar-refractivity contribution is -0.144. The van der Waals surface area contributed by atoms with E-state index >= 15 is 0 Å². The van der Waals surface area contributed by atoms with Crippen molar-refractivity contribution < 1.29 is 89.3 Å². The lowest BCUT2D eigenvalue weighted by atomic mass is 9.79. The fourth-order valence-electron chi connectivity index (χ4n) is 13.2. The number of Topliss-reactive ketones (excluding diaryl/α,β-unsaturated/α-hetero) is 2. The van der Waals surface area contributed by atoms with E-state index in [1.54, 1.807) is 68.4 Å². The number of aliphatic hydroxyl groups excluding tert-OH is 3. The van der Waals surface area contributed by atoms with Gasteiger partial charge in [-0.15, -0.1) is 62.5 Å². The number of nitrogens with one attached hydrogen (secondary N) is 1. The summed E-state index contributed by atoms with van der Waals surface area (Å²) in [6, 6.07) is 31.0. The van der Waals surface area contributed by atoms with Crippen LogP contribution in [0.1, 0.15) is 170 Å². The first-order valence-corrected chi connectivity index (χ1v) is 57.7. The SMILES string of the molecule is CCOP(=O)(CC#N)OCC.CCOP(=O)(OCC)C(CC(=O)[C@@H](C)[C@@H](CO)C1CCCC1)Cc1ccccc1.CCOP(=O)(OCC)C(CC(=O)[C@@H](C)[C@@H](CO)[C@@H]1CCCN1)Cc1ccccc1.CCOP(=O)(OCC)C(N)Cc1ccccc1.C[C@H](C(=O)O)[C@@H](CO)C1CCCC1.PP.PP(P)P.PPP. The van der Waals surface area contributed by atoms with E-state index in [1.165, 1.54) is 25.7 Å². The van der Waals surface area contributed by atoms with E-state index in [0.29, 0.717) is 57.5 Å². The van der Waals surface area contributed by atoms with E-state index in [2.05, 4.69) is 67.8 Å². The minimum absolute atomic E-state index is 0.00156. The molecule has 2 aliphatic carbocycles. The third-order valence-corrected chi connectivity index (χ3v) is 27.5. The van der Waals surface area contributed by atoms with E-state index in [1.807, 2.05) is 105 Å². The van der Waals surface area contributed by atoms with Crippen molar-refractivity contribution in [2.45, 2.75) is 196 Å². The molecule has 17 atom stereocenters. The Labute approximate surface area is 668 Å². The van der Waals surface area contributed by atoms with Gasteiger partial charge in [-0.2, -0.15) is 5.26 Å². The van der Waals surface area contributed by atoms with E-state index in [9.17, 15) is 42.9 Å². The first-order valence-electron chi connectivity index (χ1n) is 37.7. The number of aliphatic carboxylic acids is 1. The Hall–Kier alpha value is 0.230. The Kier molecular flexibility index (Phi) is 67.6. The van der Waals surface area contributed by atoms with Gasteiger partial charge in [0, 0.05) is 56.5 Å². The Morgan fingerprint density at radius 3 is 1.09 bits per heavy atom. The molecule has 108 heavy (non-hydrogen) atoms. The zero-order valence-corrected chi connectivity index (χ0v) is 79.7. The number of nitrogens with zero attached hydrogens (tertiary/aromatic N) is 1. The molecule has 2 saturated carbocycles. The van der Waals surface area contributed by atoms with Crippen molar-refractivity contribution in [1.82, 2.24) is 5.32 Å². The number of carbonyl (C=O) groups excluding carboxylic acids is 2. The van der Waals surface area contributed by atoms with Gasteiger partial charge in [0.2, 0.25) is 0 Å². The van der Waals surface area contributed by atoms with Crippen molar-refractivity contribution in [2.24, 2.45) is 53.1 Å². The Balaban J connectivity index is 0. The van der Waals surface area contributed by atoms with Crippen molar-refractivity contribution in [1.29, 1.82) is 5.26 Å². The molecule has 35 heteroatoms. The molecule has 624 valence electrons. The molecule has 1 aliphatic heterocycles. The summed E-state index contributed by atoms with van der Waals surface area (Å²) in [5.74, 6) is -1.75. The number of carbonyl (C=O) groups is 3. The zero-order valence-electron chi connectivity index (χ0n) is 66.1. The lowest BCUT2D eigenvalue weighted by Gasteiger charge is -2.30. The third kappa shape index (κ3) is 45.3. The Morgan fingerprint density at radius 2 is 0.815 bits per heavy atom. The Bertz CT molecular complexity index is 2840. The van der Waals surface area contributed by atoms with E-state index in [0.717, 1.165) is 69.7 Å². The van der Waals surface area contributed by atoms with E-state index < -0.39 is 59.4 Å². The molecule has 10 unspecified atom stereocenters. The molecular weight excluding hydrogens is 1630 g/mol. The molecule has 6 rings (SSSR count). The summed E-state index contributed by atoms with van der Waals surface area (Å²) in [4.78, 5) is 37.1. The first kappa shape index (κ1) is 110. The maximum absolute atomic E-state index is 13.5. The molecule has 1 saturated heterocycles. The molecule has 3 fully saturated rings. The molecule has 3 aromatic rings. The molecule has 0 amide bonds. The maximum Gasteiger partial charge on any atom is 0.347 e. The fraction of sp³-hybridized carbons (Fsp3) is 0.699. The van der Waals surface area contributed by atoms with Crippen molar-refractivity contribution in [2.75, 3.05) is 85.4 Å². The minimum atomic E-state index is -3.45. The average Bonchev–Trinajstić information content (AvgIpc) is 0.946. The second kappa shape index (κ2) is 66.2. The molecule has 0 bridgehead atoms. The molecule has 7 N–H and O–H groups in total. The summed E-state index contributed by atoms with van der Waals surface area (Å²) in [6.07, 6.45) is 12.5. The molecule has 0 spiro atoms. The van der Waals surface area contributed by atoms with Crippen LogP contribution in [0.2, 0.25) is 0 Å².